The number of rotatable bonds is 3. The molecule has 0 fully saturated rings. The van der Waals surface area contributed by atoms with Crippen LogP contribution < -0.4 is 5.32 Å². The number of imidazole rings is 1. The number of carbonyl (C=O) groups is 2. The van der Waals surface area contributed by atoms with Crippen LogP contribution in [0.15, 0.2) is 42.5 Å². The van der Waals surface area contributed by atoms with Crippen molar-refractivity contribution in [2.45, 2.75) is 13.0 Å². The number of nitrogens with one attached hydrogen (secondary N) is 1. The number of esters is 1. The molecule has 1 aliphatic heterocycles. The predicted octanol–water partition coefficient (Wildman–Crippen LogP) is 2.17. The second kappa shape index (κ2) is 6.31. The summed E-state index contributed by atoms with van der Waals surface area (Å²) in [6.45, 7) is 1.80. The standard InChI is InChI=1S/C19H17N3O5/c1-2-27-18(26)15-16(10-7-8-13(23)14(24)9-10)22-12-6-4-3-5-11(12)20-19(22)21-17(15)25/h3-9,15-16,23-24H,2H2,1H3,(H,20,21,25)/t15-,16-/m1/s1. The predicted molar refractivity (Wildman–Crippen MR) is 96.4 cm³/mol. The van der Waals surface area contributed by atoms with Gasteiger partial charge >= 0.3 is 5.97 Å². The molecule has 8 heteroatoms. The number of phenols is 2. The minimum absolute atomic E-state index is 0.133. The van der Waals surface area contributed by atoms with Crippen molar-refractivity contribution >= 4 is 28.9 Å². The van der Waals surface area contributed by atoms with Crippen molar-refractivity contribution in [3.8, 4) is 11.5 Å². The maximum absolute atomic E-state index is 12.7. The van der Waals surface area contributed by atoms with Crippen LogP contribution in [0, 0.1) is 5.92 Å². The topological polar surface area (TPSA) is 114 Å². The van der Waals surface area contributed by atoms with Gasteiger partial charge in [-0.25, -0.2) is 4.98 Å². The quantitative estimate of drug-likeness (QED) is 0.371. The van der Waals surface area contributed by atoms with E-state index in [2.05, 4.69) is 10.3 Å². The SMILES string of the molecule is CCOC(=O)[C@H]1C(=O)Nc2nc3ccccc3n2[C@@H]1c1ccc(O)c(O)c1. The Balaban J connectivity index is 1.97. The maximum Gasteiger partial charge on any atom is 0.321 e. The first kappa shape index (κ1) is 16.9. The molecule has 3 N–H and O–H groups in total. The average Bonchev–Trinajstić information content (AvgIpc) is 3.00. The largest absolute Gasteiger partial charge is 0.504 e. The third kappa shape index (κ3) is 2.66. The van der Waals surface area contributed by atoms with E-state index in [0.717, 1.165) is 5.52 Å². The highest BCUT2D eigenvalue weighted by Crippen LogP contribution is 2.40. The number of fused-ring (bicyclic) bond motifs is 3. The molecule has 0 aliphatic carbocycles. The number of carbonyl (C=O) groups excluding carboxylic acids is 2. The third-order valence-corrected chi connectivity index (χ3v) is 4.59. The van der Waals surface area contributed by atoms with Gasteiger partial charge in [-0.15, -0.1) is 0 Å². The highest BCUT2D eigenvalue weighted by molar-refractivity contribution is 6.07. The van der Waals surface area contributed by atoms with Crippen molar-refractivity contribution in [2.24, 2.45) is 5.92 Å². The maximum atomic E-state index is 12.7. The van der Waals surface area contributed by atoms with Gasteiger partial charge in [0, 0.05) is 0 Å². The van der Waals surface area contributed by atoms with Crippen LogP contribution in [0.3, 0.4) is 0 Å². The van der Waals surface area contributed by atoms with E-state index in [1.807, 2.05) is 18.2 Å². The fourth-order valence-corrected chi connectivity index (χ4v) is 3.43. The van der Waals surface area contributed by atoms with Crippen molar-refractivity contribution in [1.82, 2.24) is 9.55 Å². The van der Waals surface area contributed by atoms with Crippen LogP contribution in [0.4, 0.5) is 5.95 Å². The molecule has 0 bridgehead atoms. The van der Waals surface area contributed by atoms with Crippen molar-refractivity contribution in [1.29, 1.82) is 0 Å². The van der Waals surface area contributed by atoms with Crippen LogP contribution in [-0.2, 0) is 14.3 Å². The Morgan fingerprint density at radius 3 is 2.74 bits per heavy atom. The van der Waals surface area contributed by atoms with Gasteiger partial charge in [0.2, 0.25) is 11.9 Å². The second-order valence-corrected chi connectivity index (χ2v) is 6.21. The number of aromatic nitrogens is 2. The lowest BCUT2D eigenvalue weighted by molar-refractivity contribution is -0.152. The highest BCUT2D eigenvalue weighted by atomic mass is 16.5. The summed E-state index contributed by atoms with van der Waals surface area (Å²) < 4.78 is 6.86. The van der Waals surface area contributed by atoms with Crippen LogP contribution in [0.5, 0.6) is 11.5 Å². The van der Waals surface area contributed by atoms with Gasteiger partial charge in [-0.05, 0) is 36.8 Å². The molecule has 2 heterocycles. The van der Waals surface area contributed by atoms with Crippen LogP contribution in [0.2, 0.25) is 0 Å². The summed E-state index contributed by atoms with van der Waals surface area (Å²) in [5, 5.41) is 22.3. The van der Waals surface area contributed by atoms with Gasteiger partial charge in [-0.1, -0.05) is 18.2 Å². The van der Waals surface area contributed by atoms with E-state index in [4.69, 9.17) is 4.74 Å². The number of para-hydroxylation sites is 2. The van der Waals surface area contributed by atoms with E-state index in [-0.39, 0.29) is 18.1 Å². The zero-order valence-corrected chi connectivity index (χ0v) is 14.4. The number of hydrogen-bond donors (Lipinski definition) is 3. The molecule has 1 amide bonds. The van der Waals surface area contributed by atoms with Crippen molar-refractivity contribution in [2.75, 3.05) is 11.9 Å². The molecule has 0 unspecified atom stereocenters. The van der Waals surface area contributed by atoms with Gasteiger partial charge in [0.25, 0.3) is 0 Å². The summed E-state index contributed by atoms with van der Waals surface area (Å²) in [6.07, 6.45) is 0. The summed E-state index contributed by atoms with van der Waals surface area (Å²) in [4.78, 5) is 29.7. The molecule has 0 radical (unpaired) electrons. The number of phenolic OH excluding ortho intramolecular Hbond substituents is 2. The second-order valence-electron chi connectivity index (χ2n) is 6.21. The molecule has 3 aromatic rings. The average molecular weight is 367 g/mol. The first-order valence-electron chi connectivity index (χ1n) is 8.47. The molecule has 4 rings (SSSR count). The Hall–Kier alpha value is -3.55. The van der Waals surface area contributed by atoms with Crippen molar-refractivity contribution in [3.63, 3.8) is 0 Å². The number of hydrogen-bond acceptors (Lipinski definition) is 6. The zero-order valence-electron chi connectivity index (χ0n) is 14.4. The molecule has 138 valence electrons. The van der Waals surface area contributed by atoms with Crippen molar-refractivity contribution < 1.29 is 24.5 Å². The summed E-state index contributed by atoms with van der Waals surface area (Å²) >= 11 is 0. The van der Waals surface area contributed by atoms with Gasteiger partial charge in [0.1, 0.15) is 0 Å². The van der Waals surface area contributed by atoms with Gasteiger partial charge in [0.05, 0.1) is 23.7 Å². The molecule has 0 spiro atoms. The molecule has 0 saturated heterocycles. The molecule has 27 heavy (non-hydrogen) atoms. The Bertz CT molecular complexity index is 1060. The number of ether oxygens (including phenoxy) is 1. The van der Waals surface area contributed by atoms with Crippen molar-refractivity contribution in [3.05, 3.63) is 48.0 Å². The first-order valence-corrected chi connectivity index (χ1v) is 8.47. The molecule has 8 nitrogen and oxygen atoms in total. The Labute approximate surface area is 154 Å². The lowest BCUT2D eigenvalue weighted by Gasteiger charge is -2.32. The number of aromatic hydroxyl groups is 2. The smallest absolute Gasteiger partial charge is 0.321 e. The summed E-state index contributed by atoms with van der Waals surface area (Å²) in [5.74, 6) is -2.70. The molecular weight excluding hydrogens is 350 g/mol. The van der Waals surface area contributed by atoms with E-state index in [9.17, 15) is 19.8 Å². The number of benzene rings is 2. The fourth-order valence-electron chi connectivity index (χ4n) is 3.43. The monoisotopic (exact) mass is 367 g/mol. The number of nitrogens with zero attached hydrogens (tertiary/aromatic N) is 2. The molecule has 1 aromatic heterocycles. The zero-order chi connectivity index (χ0) is 19.1. The van der Waals surface area contributed by atoms with E-state index in [1.54, 1.807) is 23.6 Å². The lowest BCUT2D eigenvalue weighted by Crippen LogP contribution is -2.43. The molecular formula is C19H17N3O5. The Morgan fingerprint density at radius 1 is 1.22 bits per heavy atom. The first-order chi connectivity index (χ1) is 13.0. The van der Waals surface area contributed by atoms with Crippen LogP contribution in [0.1, 0.15) is 18.5 Å². The minimum Gasteiger partial charge on any atom is -0.504 e. The third-order valence-electron chi connectivity index (χ3n) is 4.59. The van der Waals surface area contributed by atoms with Crippen LogP contribution in [0.25, 0.3) is 11.0 Å². The lowest BCUT2D eigenvalue weighted by atomic mass is 9.90. The summed E-state index contributed by atoms with van der Waals surface area (Å²) in [6, 6.07) is 10.7. The molecule has 2 aromatic carbocycles. The van der Waals surface area contributed by atoms with Crippen LogP contribution in [-0.4, -0.2) is 38.2 Å². The molecule has 0 saturated carbocycles. The highest BCUT2D eigenvalue weighted by Gasteiger charge is 2.44. The van der Waals surface area contributed by atoms with E-state index < -0.39 is 23.8 Å². The normalized spacial score (nSPS) is 18.8. The Kier molecular flexibility index (Phi) is 3.95. The van der Waals surface area contributed by atoms with Gasteiger partial charge in [0.15, 0.2) is 17.4 Å². The van der Waals surface area contributed by atoms with E-state index in [0.29, 0.717) is 17.0 Å². The number of anilines is 1. The Morgan fingerprint density at radius 2 is 2.00 bits per heavy atom. The van der Waals surface area contributed by atoms with Crippen LogP contribution >= 0.6 is 0 Å². The van der Waals surface area contributed by atoms with Gasteiger partial charge < -0.3 is 19.5 Å². The van der Waals surface area contributed by atoms with Gasteiger partial charge in [-0.2, -0.15) is 0 Å². The number of amides is 1. The van der Waals surface area contributed by atoms with E-state index in [1.165, 1.54) is 12.1 Å². The molecule has 2 atom stereocenters. The summed E-state index contributed by atoms with van der Waals surface area (Å²) in [5.41, 5.74) is 1.85. The van der Waals surface area contributed by atoms with E-state index >= 15 is 0 Å². The summed E-state index contributed by atoms with van der Waals surface area (Å²) in [7, 11) is 0. The minimum atomic E-state index is -1.17. The molecule has 1 aliphatic rings. The fraction of sp³-hybridized carbons (Fsp3) is 0.211. The van der Waals surface area contributed by atoms with Gasteiger partial charge in [-0.3, -0.25) is 14.9 Å².